The smallest absolute Gasteiger partial charge is 0.226 e. The molecule has 0 bridgehead atoms. The van der Waals surface area contributed by atoms with Gasteiger partial charge in [0.2, 0.25) is 11.8 Å². The Hall–Kier alpha value is -1.91. The van der Waals surface area contributed by atoms with Crippen LogP contribution >= 0.6 is 0 Å². The lowest BCUT2D eigenvalue weighted by atomic mass is 10.2. The van der Waals surface area contributed by atoms with E-state index in [0.717, 1.165) is 5.56 Å². The number of carbonyl (C=O) groups is 2. The lowest BCUT2D eigenvalue weighted by Gasteiger charge is -2.11. The zero-order valence-electron chi connectivity index (χ0n) is 11.2. The zero-order chi connectivity index (χ0) is 13.7. The standard InChI is InChI=1S/C13H19N3O2/c1-5-12(17)16-11-6-9(4)10(7-14-11)15-13(18)8(2)3/h6-8H,5H2,1-4H3,(H,15,18)(H,14,16,17). The van der Waals surface area contributed by atoms with E-state index in [1.807, 2.05) is 20.8 Å². The first-order valence-electron chi connectivity index (χ1n) is 6.01. The van der Waals surface area contributed by atoms with Gasteiger partial charge < -0.3 is 10.6 Å². The number of amides is 2. The molecule has 5 nitrogen and oxygen atoms in total. The molecule has 0 saturated carbocycles. The molecule has 0 saturated heterocycles. The van der Waals surface area contributed by atoms with Crippen LogP contribution in [0.4, 0.5) is 11.5 Å². The molecular weight excluding hydrogens is 230 g/mol. The number of rotatable bonds is 4. The first-order chi connectivity index (χ1) is 8.43. The molecule has 0 unspecified atom stereocenters. The Morgan fingerprint density at radius 1 is 1.33 bits per heavy atom. The Labute approximate surface area is 107 Å². The minimum atomic E-state index is -0.0825. The molecule has 0 spiro atoms. The van der Waals surface area contributed by atoms with E-state index < -0.39 is 0 Å². The molecule has 0 aromatic carbocycles. The molecule has 0 aliphatic carbocycles. The van der Waals surface area contributed by atoms with Gasteiger partial charge in [-0.3, -0.25) is 9.59 Å². The Bertz CT molecular complexity index is 456. The average molecular weight is 249 g/mol. The minimum Gasteiger partial charge on any atom is -0.324 e. The fourth-order valence-electron chi connectivity index (χ4n) is 1.26. The van der Waals surface area contributed by atoms with Gasteiger partial charge >= 0.3 is 0 Å². The van der Waals surface area contributed by atoms with E-state index in [1.54, 1.807) is 19.2 Å². The molecule has 5 heteroatoms. The van der Waals surface area contributed by atoms with Gasteiger partial charge in [0, 0.05) is 12.3 Å². The topological polar surface area (TPSA) is 71.1 Å². The maximum Gasteiger partial charge on any atom is 0.226 e. The van der Waals surface area contributed by atoms with E-state index in [-0.39, 0.29) is 17.7 Å². The number of nitrogens with one attached hydrogen (secondary N) is 2. The normalized spacial score (nSPS) is 10.3. The van der Waals surface area contributed by atoms with Crippen molar-refractivity contribution in [1.29, 1.82) is 0 Å². The van der Waals surface area contributed by atoms with Crippen molar-refractivity contribution in [2.45, 2.75) is 34.1 Å². The van der Waals surface area contributed by atoms with Gasteiger partial charge in [0.25, 0.3) is 0 Å². The summed E-state index contributed by atoms with van der Waals surface area (Å²) in [4.78, 5) is 26.9. The van der Waals surface area contributed by atoms with E-state index in [9.17, 15) is 9.59 Å². The third-order valence-electron chi connectivity index (χ3n) is 2.48. The summed E-state index contributed by atoms with van der Waals surface area (Å²) in [7, 11) is 0. The Balaban J connectivity index is 2.80. The van der Waals surface area contributed by atoms with Crippen LogP contribution in [-0.4, -0.2) is 16.8 Å². The van der Waals surface area contributed by atoms with Crippen molar-refractivity contribution in [2.75, 3.05) is 10.6 Å². The molecule has 0 aliphatic rings. The maximum absolute atomic E-state index is 11.6. The quantitative estimate of drug-likeness (QED) is 0.860. The van der Waals surface area contributed by atoms with Gasteiger partial charge in [0.05, 0.1) is 11.9 Å². The van der Waals surface area contributed by atoms with Crippen molar-refractivity contribution in [2.24, 2.45) is 5.92 Å². The Kier molecular flexibility index (Phi) is 4.83. The van der Waals surface area contributed by atoms with E-state index in [1.165, 1.54) is 0 Å². The predicted octanol–water partition coefficient (Wildman–Crippen LogP) is 2.33. The van der Waals surface area contributed by atoms with Crippen LogP contribution in [0.15, 0.2) is 12.3 Å². The first-order valence-corrected chi connectivity index (χ1v) is 6.01. The van der Waals surface area contributed by atoms with Crippen LogP contribution < -0.4 is 10.6 Å². The molecule has 1 aromatic heterocycles. The Morgan fingerprint density at radius 3 is 2.50 bits per heavy atom. The lowest BCUT2D eigenvalue weighted by molar-refractivity contribution is -0.119. The van der Waals surface area contributed by atoms with E-state index >= 15 is 0 Å². The van der Waals surface area contributed by atoms with Crippen LogP contribution in [0, 0.1) is 12.8 Å². The molecule has 18 heavy (non-hydrogen) atoms. The molecule has 98 valence electrons. The van der Waals surface area contributed by atoms with Crippen LogP contribution in [0.2, 0.25) is 0 Å². The summed E-state index contributed by atoms with van der Waals surface area (Å²) in [6.45, 7) is 7.29. The van der Waals surface area contributed by atoms with Gasteiger partial charge in [0.1, 0.15) is 5.82 Å². The molecule has 0 aliphatic heterocycles. The Morgan fingerprint density at radius 2 is 2.00 bits per heavy atom. The molecule has 1 rings (SSSR count). The zero-order valence-corrected chi connectivity index (χ0v) is 11.2. The van der Waals surface area contributed by atoms with Crippen molar-refractivity contribution in [1.82, 2.24) is 4.98 Å². The number of hydrogen-bond donors (Lipinski definition) is 2. The number of hydrogen-bond acceptors (Lipinski definition) is 3. The number of nitrogens with zero attached hydrogens (tertiary/aromatic N) is 1. The number of anilines is 2. The maximum atomic E-state index is 11.6. The summed E-state index contributed by atoms with van der Waals surface area (Å²) in [5.41, 5.74) is 1.54. The third kappa shape index (κ3) is 3.84. The van der Waals surface area contributed by atoms with Crippen molar-refractivity contribution in [3.63, 3.8) is 0 Å². The van der Waals surface area contributed by atoms with Gasteiger partial charge in [-0.05, 0) is 18.6 Å². The predicted molar refractivity (Wildman–Crippen MR) is 71.4 cm³/mol. The van der Waals surface area contributed by atoms with E-state index in [4.69, 9.17) is 0 Å². The summed E-state index contributed by atoms with van der Waals surface area (Å²) >= 11 is 0. The highest BCUT2D eigenvalue weighted by molar-refractivity contribution is 5.93. The van der Waals surface area contributed by atoms with Crippen LogP contribution in [0.1, 0.15) is 32.8 Å². The second-order valence-electron chi connectivity index (χ2n) is 4.43. The monoisotopic (exact) mass is 249 g/mol. The molecule has 0 radical (unpaired) electrons. The van der Waals surface area contributed by atoms with Gasteiger partial charge in [0.15, 0.2) is 0 Å². The van der Waals surface area contributed by atoms with Crippen molar-refractivity contribution in [3.05, 3.63) is 17.8 Å². The average Bonchev–Trinajstić information content (AvgIpc) is 2.32. The molecule has 1 aromatic rings. The summed E-state index contributed by atoms with van der Waals surface area (Å²) in [5.74, 6) is 0.289. The van der Waals surface area contributed by atoms with Crippen LogP contribution in [0.25, 0.3) is 0 Å². The second kappa shape index (κ2) is 6.14. The SMILES string of the molecule is CCC(=O)Nc1cc(C)c(NC(=O)C(C)C)cn1. The fourth-order valence-corrected chi connectivity index (χ4v) is 1.26. The van der Waals surface area contributed by atoms with Gasteiger partial charge in [-0.15, -0.1) is 0 Å². The number of pyridine rings is 1. The largest absolute Gasteiger partial charge is 0.324 e. The molecule has 2 N–H and O–H groups in total. The van der Waals surface area contributed by atoms with E-state index in [2.05, 4.69) is 15.6 Å². The summed E-state index contributed by atoms with van der Waals surface area (Å²) < 4.78 is 0. The summed E-state index contributed by atoms with van der Waals surface area (Å²) in [6, 6.07) is 1.74. The molecular formula is C13H19N3O2. The fraction of sp³-hybridized carbons (Fsp3) is 0.462. The van der Waals surface area contributed by atoms with Gasteiger partial charge in [-0.25, -0.2) is 4.98 Å². The summed E-state index contributed by atoms with van der Waals surface area (Å²) in [5, 5.41) is 5.46. The molecule has 0 fully saturated rings. The van der Waals surface area contributed by atoms with Crippen LogP contribution in [0.5, 0.6) is 0 Å². The number of aromatic nitrogens is 1. The van der Waals surface area contributed by atoms with Crippen molar-refractivity contribution in [3.8, 4) is 0 Å². The number of carbonyl (C=O) groups excluding carboxylic acids is 2. The lowest BCUT2D eigenvalue weighted by Crippen LogP contribution is -2.19. The number of aryl methyl sites for hydroxylation is 1. The van der Waals surface area contributed by atoms with E-state index in [0.29, 0.717) is 17.9 Å². The summed E-state index contributed by atoms with van der Waals surface area (Å²) in [6.07, 6.45) is 1.97. The second-order valence-corrected chi connectivity index (χ2v) is 4.43. The van der Waals surface area contributed by atoms with Crippen LogP contribution in [-0.2, 0) is 9.59 Å². The van der Waals surface area contributed by atoms with Crippen molar-refractivity contribution >= 4 is 23.3 Å². The van der Waals surface area contributed by atoms with Crippen LogP contribution in [0.3, 0.4) is 0 Å². The highest BCUT2D eigenvalue weighted by atomic mass is 16.2. The van der Waals surface area contributed by atoms with Crippen molar-refractivity contribution < 1.29 is 9.59 Å². The third-order valence-corrected chi connectivity index (χ3v) is 2.48. The molecule has 1 heterocycles. The van der Waals surface area contributed by atoms with Gasteiger partial charge in [-0.1, -0.05) is 20.8 Å². The highest BCUT2D eigenvalue weighted by Gasteiger charge is 2.10. The highest BCUT2D eigenvalue weighted by Crippen LogP contribution is 2.17. The van der Waals surface area contributed by atoms with Gasteiger partial charge in [-0.2, -0.15) is 0 Å². The molecule has 0 atom stereocenters. The first kappa shape index (κ1) is 14.2. The molecule has 2 amide bonds. The minimum absolute atomic E-state index is 0.0507.